The Hall–Kier alpha value is -1.66. The molecule has 1 rings (SSSR count). The Bertz CT molecular complexity index is 393. The van der Waals surface area contributed by atoms with Crippen LogP contribution in [0.15, 0.2) is 24.3 Å². The summed E-state index contributed by atoms with van der Waals surface area (Å²) in [5, 5.41) is 0. The molecule has 3 nitrogen and oxygen atoms in total. The van der Waals surface area contributed by atoms with Gasteiger partial charge in [0.25, 0.3) is 0 Å². The number of carbonyl (C=O) groups excluding carboxylic acids is 1. The van der Waals surface area contributed by atoms with Crippen LogP contribution in [0.4, 0.5) is 5.69 Å². The highest BCUT2D eigenvalue weighted by Crippen LogP contribution is 2.15. The maximum atomic E-state index is 11.2. The van der Waals surface area contributed by atoms with Crippen molar-refractivity contribution in [3.63, 3.8) is 0 Å². The van der Waals surface area contributed by atoms with E-state index < -0.39 is 0 Å². The number of aryl methyl sites for hydroxylation is 1. The minimum atomic E-state index is 0.129. The Kier molecular flexibility index (Phi) is 5.24. The highest BCUT2D eigenvalue weighted by atomic mass is 16.5. The van der Waals surface area contributed by atoms with Crippen LogP contribution in [0.1, 0.15) is 18.4 Å². The van der Waals surface area contributed by atoms with Crippen LogP contribution in [0.3, 0.4) is 0 Å². The molecule has 0 fully saturated rings. The Morgan fingerprint density at radius 2 is 2.31 bits per heavy atom. The summed E-state index contributed by atoms with van der Waals surface area (Å²) < 4.78 is 4.75. The average molecular weight is 217 g/mol. The first-order chi connectivity index (χ1) is 7.76. The quantitative estimate of drug-likeness (QED) is 0.686. The summed E-state index contributed by atoms with van der Waals surface area (Å²) in [5.74, 6) is 0.129. The fourth-order valence-corrected chi connectivity index (χ4v) is 1.50. The van der Waals surface area contributed by atoms with Crippen molar-refractivity contribution in [3.8, 4) is 0 Å². The standard InChI is InChI=1S/C13H15NO2/c1-14-12-7-3-5-11(9-12)6-4-8-13(15)10-16-2/h3,5,7,9H,4,6,8,10H2,2H3. The molecule has 3 heteroatoms. The molecule has 0 saturated heterocycles. The number of rotatable bonds is 6. The van der Waals surface area contributed by atoms with Crippen molar-refractivity contribution in [1.29, 1.82) is 0 Å². The fourth-order valence-electron chi connectivity index (χ4n) is 1.50. The second-order valence-electron chi connectivity index (χ2n) is 3.61. The first kappa shape index (κ1) is 12.4. The second kappa shape index (κ2) is 6.76. The van der Waals surface area contributed by atoms with Crippen molar-refractivity contribution in [2.24, 2.45) is 0 Å². The SMILES string of the molecule is [C-]#[N+]c1cccc(CCCC(=O)COC)c1. The van der Waals surface area contributed by atoms with Gasteiger partial charge in [-0.1, -0.05) is 29.8 Å². The lowest BCUT2D eigenvalue weighted by molar-refractivity contribution is -0.122. The third kappa shape index (κ3) is 4.24. The predicted octanol–water partition coefficient (Wildman–Crippen LogP) is 2.78. The van der Waals surface area contributed by atoms with Crippen molar-refractivity contribution in [2.45, 2.75) is 19.3 Å². The monoisotopic (exact) mass is 217 g/mol. The highest BCUT2D eigenvalue weighted by molar-refractivity contribution is 5.79. The molecule has 0 radical (unpaired) electrons. The summed E-state index contributed by atoms with van der Waals surface area (Å²) >= 11 is 0. The van der Waals surface area contributed by atoms with Gasteiger partial charge in [-0.2, -0.15) is 0 Å². The van der Waals surface area contributed by atoms with E-state index in [0.29, 0.717) is 12.1 Å². The Labute approximate surface area is 95.9 Å². The van der Waals surface area contributed by atoms with Gasteiger partial charge < -0.3 is 4.74 Å². The molecule has 0 unspecified atom stereocenters. The van der Waals surface area contributed by atoms with E-state index in [-0.39, 0.29) is 12.4 Å². The largest absolute Gasteiger partial charge is 0.377 e. The molecule has 16 heavy (non-hydrogen) atoms. The first-order valence-corrected chi connectivity index (χ1v) is 5.23. The van der Waals surface area contributed by atoms with Gasteiger partial charge in [0.05, 0.1) is 6.57 Å². The molecule has 84 valence electrons. The van der Waals surface area contributed by atoms with E-state index in [9.17, 15) is 4.79 Å². The summed E-state index contributed by atoms with van der Waals surface area (Å²) in [6.45, 7) is 7.09. The van der Waals surface area contributed by atoms with Gasteiger partial charge in [-0.3, -0.25) is 4.79 Å². The molecule has 0 bridgehead atoms. The molecular weight excluding hydrogens is 202 g/mol. The maximum Gasteiger partial charge on any atom is 0.187 e. The van der Waals surface area contributed by atoms with E-state index in [0.717, 1.165) is 18.4 Å². The van der Waals surface area contributed by atoms with E-state index in [1.54, 1.807) is 6.07 Å². The van der Waals surface area contributed by atoms with E-state index >= 15 is 0 Å². The number of carbonyl (C=O) groups is 1. The minimum absolute atomic E-state index is 0.129. The normalized spacial score (nSPS) is 9.75. The summed E-state index contributed by atoms with van der Waals surface area (Å²) in [4.78, 5) is 14.5. The van der Waals surface area contributed by atoms with Gasteiger partial charge in [0.1, 0.15) is 6.61 Å². The summed E-state index contributed by atoms with van der Waals surface area (Å²) in [6, 6.07) is 7.51. The van der Waals surface area contributed by atoms with E-state index in [4.69, 9.17) is 11.3 Å². The molecule has 0 aliphatic rings. The lowest BCUT2D eigenvalue weighted by Gasteiger charge is -2.01. The van der Waals surface area contributed by atoms with E-state index in [1.807, 2.05) is 18.2 Å². The number of methoxy groups -OCH3 is 1. The van der Waals surface area contributed by atoms with Crippen LogP contribution in [-0.4, -0.2) is 19.5 Å². The van der Waals surface area contributed by atoms with Crippen LogP contribution in [0.25, 0.3) is 4.85 Å². The van der Waals surface area contributed by atoms with Crippen molar-refractivity contribution >= 4 is 11.5 Å². The number of ketones is 1. The minimum Gasteiger partial charge on any atom is -0.377 e. The van der Waals surface area contributed by atoms with Gasteiger partial charge in [-0.15, -0.1) is 0 Å². The number of benzene rings is 1. The molecule has 0 aromatic heterocycles. The molecular formula is C13H15NO2. The van der Waals surface area contributed by atoms with Crippen molar-refractivity contribution in [2.75, 3.05) is 13.7 Å². The smallest absolute Gasteiger partial charge is 0.187 e. The fraction of sp³-hybridized carbons (Fsp3) is 0.385. The van der Waals surface area contributed by atoms with Crippen LogP contribution >= 0.6 is 0 Å². The lowest BCUT2D eigenvalue weighted by atomic mass is 10.1. The predicted molar refractivity (Wildman–Crippen MR) is 62.5 cm³/mol. The number of hydrogen-bond donors (Lipinski definition) is 0. The number of ether oxygens (including phenoxy) is 1. The summed E-state index contributed by atoms with van der Waals surface area (Å²) in [5.41, 5.74) is 1.76. The maximum absolute atomic E-state index is 11.2. The molecule has 0 N–H and O–H groups in total. The van der Waals surface area contributed by atoms with Crippen LogP contribution in [-0.2, 0) is 16.0 Å². The Morgan fingerprint density at radius 3 is 3.00 bits per heavy atom. The zero-order chi connectivity index (χ0) is 11.8. The molecule has 0 aliphatic carbocycles. The zero-order valence-corrected chi connectivity index (χ0v) is 9.40. The van der Waals surface area contributed by atoms with Crippen LogP contribution in [0.5, 0.6) is 0 Å². The number of hydrogen-bond acceptors (Lipinski definition) is 2. The molecule has 0 heterocycles. The molecule has 0 amide bonds. The van der Waals surface area contributed by atoms with Crippen molar-refractivity contribution in [1.82, 2.24) is 0 Å². The van der Waals surface area contributed by atoms with Crippen LogP contribution < -0.4 is 0 Å². The Morgan fingerprint density at radius 1 is 1.50 bits per heavy atom. The highest BCUT2D eigenvalue weighted by Gasteiger charge is 2.01. The second-order valence-corrected chi connectivity index (χ2v) is 3.61. The summed E-state index contributed by atoms with van der Waals surface area (Å²) in [7, 11) is 1.52. The topological polar surface area (TPSA) is 30.7 Å². The molecule has 0 saturated carbocycles. The molecule has 1 aromatic rings. The van der Waals surface area contributed by atoms with Gasteiger partial charge in [-0.05, 0) is 12.8 Å². The third-order valence-electron chi connectivity index (χ3n) is 2.27. The van der Waals surface area contributed by atoms with E-state index in [2.05, 4.69) is 4.85 Å². The van der Waals surface area contributed by atoms with E-state index in [1.165, 1.54) is 7.11 Å². The van der Waals surface area contributed by atoms with Crippen molar-refractivity contribution in [3.05, 3.63) is 41.2 Å². The molecule has 1 aromatic carbocycles. The van der Waals surface area contributed by atoms with Crippen LogP contribution in [0.2, 0.25) is 0 Å². The number of Topliss-reactive ketones (excluding diaryl/α,β-unsaturated/α-hetero) is 1. The van der Waals surface area contributed by atoms with Gasteiger partial charge in [0.15, 0.2) is 11.5 Å². The van der Waals surface area contributed by atoms with Gasteiger partial charge in [0.2, 0.25) is 0 Å². The van der Waals surface area contributed by atoms with Crippen molar-refractivity contribution < 1.29 is 9.53 Å². The van der Waals surface area contributed by atoms with Gasteiger partial charge >= 0.3 is 0 Å². The molecule has 0 spiro atoms. The zero-order valence-electron chi connectivity index (χ0n) is 9.40. The van der Waals surface area contributed by atoms with Gasteiger partial charge in [0, 0.05) is 13.5 Å². The molecule has 0 atom stereocenters. The Balaban J connectivity index is 2.37. The number of nitrogens with zero attached hydrogens (tertiary/aromatic N) is 1. The third-order valence-corrected chi connectivity index (χ3v) is 2.27. The lowest BCUT2D eigenvalue weighted by Crippen LogP contribution is -2.06. The summed E-state index contributed by atoms with van der Waals surface area (Å²) in [6.07, 6.45) is 2.18. The molecule has 0 aliphatic heterocycles. The first-order valence-electron chi connectivity index (χ1n) is 5.23. The average Bonchev–Trinajstić information content (AvgIpc) is 2.30. The van der Waals surface area contributed by atoms with Crippen LogP contribution in [0, 0.1) is 6.57 Å². The van der Waals surface area contributed by atoms with Gasteiger partial charge in [-0.25, -0.2) is 4.85 Å².